The predicted octanol–water partition coefficient (Wildman–Crippen LogP) is 3.00. The number of anilines is 1. The molecule has 3 heterocycles. The van der Waals surface area contributed by atoms with Crippen molar-refractivity contribution in [1.82, 2.24) is 19.3 Å². The number of benzene rings is 1. The molecule has 1 N–H and O–H groups in total. The first-order valence-corrected chi connectivity index (χ1v) is 10.7. The first-order valence-electron chi connectivity index (χ1n) is 10.7. The van der Waals surface area contributed by atoms with Crippen molar-refractivity contribution in [2.75, 3.05) is 25.6 Å². The highest BCUT2D eigenvalue weighted by Gasteiger charge is 2.31. The van der Waals surface area contributed by atoms with E-state index in [0.717, 1.165) is 6.07 Å². The number of fused-ring (bicyclic) bond motifs is 1. The summed E-state index contributed by atoms with van der Waals surface area (Å²) in [6.07, 6.45) is -2.78. The molecule has 0 saturated carbocycles. The van der Waals surface area contributed by atoms with Crippen LogP contribution in [0.4, 0.5) is 23.2 Å². The number of ether oxygens (including phenoxy) is 3. The highest BCUT2D eigenvalue weighted by atomic mass is 19.4. The van der Waals surface area contributed by atoms with Crippen LogP contribution in [-0.4, -0.2) is 51.7 Å². The maximum atomic E-state index is 15.2. The minimum Gasteiger partial charge on any atom is -0.483 e. The largest absolute Gasteiger partial charge is 0.483 e. The maximum absolute atomic E-state index is 15.2. The van der Waals surface area contributed by atoms with Gasteiger partial charge in [0.15, 0.2) is 12.4 Å². The van der Waals surface area contributed by atoms with E-state index in [2.05, 4.69) is 15.4 Å². The molecule has 3 aromatic rings. The third kappa shape index (κ3) is 5.17. The molecule has 0 unspecified atom stereocenters. The standard InChI is InChI=1S/C22H21F4N5O5/c1-12-4-5-27-20(34-2)18(12)28-19(32)13-8-14(23)15(9-16(13)36-11-22(24,25)26)31-21(33)30-6-3-7-35-10-17(30)29-31/h4-5,8-9H,3,6-7,10-11H2,1-2H3,(H,28,32). The van der Waals surface area contributed by atoms with Crippen LogP contribution in [0.1, 0.15) is 28.2 Å². The third-order valence-corrected chi connectivity index (χ3v) is 5.31. The fourth-order valence-electron chi connectivity index (χ4n) is 3.60. The predicted molar refractivity (Wildman–Crippen MR) is 117 cm³/mol. The van der Waals surface area contributed by atoms with Crippen molar-refractivity contribution in [3.05, 3.63) is 57.6 Å². The highest BCUT2D eigenvalue weighted by Crippen LogP contribution is 2.30. The summed E-state index contributed by atoms with van der Waals surface area (Å²) in [5.74, 6) is -2.38. The van der Waals surface area contributed by atoms with Crippen molar-refractivity contribution in [2.24, 2.45) is 0 Å². The molecule has 1 aromatic carbocycles. The topological polar surface area (TPSA) is 110 Å². The molecule has 1 aliphatic rings. The summed E-state index contributed by atoms with van der Waals surface area (Å²) >= 11 is 0. The zero-order chi connectivity index (χ0) is 26.0. The van der Waals surface area contributed by atoms with Gasteiger partial charge in [0.25, 0.3) is 5.91 Å². The van der Waals surface area contributed by atoms with Gasteiger partial charge in [0.2, 0.25) is 5.88 Å². The zero-order valence-electron chi connectivity index (χ0n) is 19.2. The second kappa shape index (κ2) is 9.97. The molecule has 0 atom stereocenters. The van der Waals surface area contributed by atoms with E-state index in [0.29, 0.717) is 29.3 Å². The Morgan fingerprint density at radius 3 is 2.81 bits per heavy atom. The highest BCUT2D eigenvalue weighted by molar-refractivity contribution is 6.07. The van der Waals surface area contributed by atoms with Gasteiger partial charge in [0, 0.05) is 25.4 Å². The number of amides is 1. The molecule has 36 heavy (non-hydrogen) atoms. The number of aromatic nitrogens is 4. The quantitative estimate of drug-likeness (QED) is 0.507. The van der Waals surface area contributed by atoms with E-state index in [1.807, 2.05) is 0 Å². The second-order valence-electron chi connectivity index (χ2n) is 7.84. The molecule has 14 heteroatoms. The average molecular weight is 511 g/mol. The molecule has 2 aromatic heterocycles. The van der Waals surface area contributed by atoms with E-state index < -0.39 is 47.2 Å². The first kappa shape index (κ1) is 25.2. The summed E-state index contributed by atoms with van der Waals surface area (Å²) in [4.78, 5) is 29.8. The summed E-state index contributed by atoms with van der Waals surface area (Å²) < 4.78 is 71.3. The Hall–Kier alpha value is -3.94. The van der Waals surface area contributed by atoms with E-state index in [-0.39, 0.29) is 30.5 Å². The van der Waals surface area contributed by atoms with Crippen LogP contribution in [0, 0.1) is 12.7 Å². The number of rotatable bonds is 6. The molecule has 1 aliphatic heterocycles. The van der Waals surface area contributed by atoms with E-state index in [1.165, 1.54) is 17.9 Å². The summed E-state index contributed by atoms with van der Waals surface area (Å²) in [6, 6.07) is 3.09. The number of aryl methyl sites for hydroxylation is 1. The van der Waals surface area contributed by atoms with Crippen LogP contribution < -0.4 is 20.5 Å². The van der Waals surface area contributed by atoms with Crippen LogP contribution in [0.15, 0.2) is 29.2 Å². The molecule has 192 valence electrons. The van der Waals surface area contributed by atoms with E-state index in [1.54, 1.807) is 13.0 Å². The Kier molecular flexibility index (Phi) is 6.97. The SMILES string of the molecule is COc1nccc(C)c1NC(=O)c1cc(F)c(-n2nc3n(c2=O)CCCOC3)cc1OCC(F)(F)F. The molecule has 0 bridgehead atoms. The average Bonchev–Trinajstić information content (AvgIpc) is 2.98. The number of hydrogen-bond acceptors (Lipinski definition) is 7. The lowest BCUT2D eigenvalue weighted by Gasteiger charge is -2.16. The Morgan fingerprint density at radius 2 is 2.08 bits per heavy atom. The van der Waals surface area contributed by atoms with Gasteiger partial charge in [-0.25, -0.2) is 14.2 Å². The number of nitrogens with zero attached hydrogens (tertiary/aromatic N) is 4. The minimum atomic E-state index is -4.74. The third-order valence-electron chi connectivity index (χ3n) is 5.31. The molecule has 0 radical (unpaired) electrons. The minimum absolute atomic E-state index is 0.00801. The monoisotopic (exact) mass is 511 g/mol. The van der Waals surface area contributed by atoms with Gasteiger partial charge in [-0.05, 0) is 31.0 Å². The molecule has 1 amide bonds. The fourth-order valence-corrected chi connectivity index (χ4v) is 3.60. The lowest BCUT2D eigenvalue weighted by atomic mass is 10.1. The van der Waals surface area contributed by atoms with Gasteiger partial charge >= 0.3 is 11.9 Å². The maximum Gasteiger partial charge on any atom is 0.422 e. The number of nitrogens with one attached hydrogen (secondary N) is 1. The van der Waals surface area contributed by atoms with Crippen LogP contribution in [0.3, 0.4) is 0 Å². The van der Waals surface area contributed by atoms with E-state index in [9.17, 15) is 22.8 Å². The molecule has 4 rings (SSSR count). The lowest BCUT2D eigenvalue weighted by Crippen LogP contribution is -2.26. The van der Waals surface area contributed by atoms with Gasteiger partial charge in [-0.2, -0.15) is 17.9 Å². The van der Waals surface area contributed by atoms with E-state index in [4.69, 9.17) is 14.2 Å². The lowest BCUT2D eigenvalue weighted by molar-refractivity contribution is -0.153. The van der Waals surface area contributed by atoms with Crippen molar-refractivity contribution in [3.63, 3.8) is 0 Å². The Labute approximate surface area is 201 Å². The molecule has 0 saturated heterocycles. The molecular weight excluding hydrogens is 490 g/mol. The zero-order valence-corrected chi connectivity index (χ0v) is 19.2. The van der Waals surface area contributed by atoms with Gasteiger partial charge < -0.3 is 19.5 Å². The van der Waals surface area contributed by atoms with Gasteiger partial charge in [-0.1, -0.05) is 0 Å². The smallest absolute Gasteiger partial charge is 0.422 e. The number of alkyl halides is 3. The summed E-state index contributed by atoms with van der Waals surface area (Å²) in [7, 11) is 1.32. The van der Waals surface area contributed by atoms with Crippen molar-refractivity contribution in [2.45, 2.75) is 32.7 Å². The van der Waals surface area contributed by atoms with Crippen molar-refractivity contribution < 1.29 is 36.6 Å². The van der Waals surface area contributed by atoms with Crippen LogP contribution in [0.25, 0.3) is 5.69 Å². The molecule has 10 nitrogen and oxygen atoms in total. The number of pyridine rings is 1. The normalized spacial score (nSPS) is 13.6. The van der Waals surface area contributed by atoms with Gasteiger partial charge in [0.1, 0.15) is 29.5 Å². The summed E-state index contributed by atoms with van der Waals surface area (Å²) in [6.45, 7) is 0.588. The number of carbonyl (C=O) groups excluding carboxylic acids is 1. The van der Waals surface area contributed by atoms with Crippen LogP contribution in [0.5, 0.6) is 11.6 Å². The number of hydrogen-bond donors (Lipinski definition) is 1. The molecule has 0 aliphatic carbocycles. The van der Waals surface area contributed by atoms with Crippen LogP contribution in [0.2, 0.25) is 0 Å². The number of carbonyl (C=O) groups is 1. The number of methoxy groups -OCH3 is 1. The van der Waals surface area contributed by atoms with Gasteiger partial charge in [-0.3, -0.25) is 9.36 Å². The fraction of sp³-hybridized carbons (Fsp3) is 0.364. The van der Waals surface area contributed by atoms with Crippen molar-refractivity contribution >= 4 is 11.6 Å². The molecule has 0 fully saturated rings. The van der Waals surface area contributed by atoms with E-state index >= 15 is 4.39 Å². The summed E-state index contributed by atoms with van der Waals surface area (Å²) in [5.41, 5.74) is -1.04. The second-order valence-corrected chi connectivity index (χ2v) is 7.84. The molecular formula is C22H21F4N5O5. The van der Waals surface area contributed by atoms with Crippen LogP contribution in [-0.2, 0) is 17.9 Å². The van der Waals surface area contributed by atoms with Gasteiger partial charge in [0.05, 0.1) is 12.7 Å². The summed E-state index contributed by atoms with van der Waals surface area (Å²) in [5, 5.41) is 6.54. The Balaban J connectivity index is 1.77. The van der Waals surface area contributed by atoms with Crippen molar-refractivity contribution in [1.29, 1.82) is 0 Å². The van der Waals surface area contributed by atoms with Crippen molar-refractivity contribution in [3.8, 4) is 17.3 Å². The number of halogens is 4. The van der Waals surface area contributed by atoms with Gasteiger partial charge in [-0.15, -0.1) is 5.10 Å². The Morgan fingerprint density at radius 1 is 1.31 bits per heavy atom. The van der Waals surface area contributed by atoms with Crippen LogP contribution >= 0.6 is 0 Å². The first-order chi connectivity index (χ1) is 17.1. The molecule has 0 spiro atoms. The Bertz CT molecular complexity index is 1350.